The van der Waals surface area contributed by atoms with Gasteiger partial charge < -0.3 is 14.4 Å². The fourth-order valence-corrected chi connectivity index (χ4v) is 3.42. The number of rotatable bonds is 5. The van der Waals surface area contributed by atoms with Crippen molar-refractivity contribution in [2.24, 2.45) is 0 Å². The summed E-state index contributed by atoms with van der Waals surface area (Å²) in [6, 6.07) is 13.4. The number of amides is 3. The number of hydrogen-bond acceptors (Lipinski definition) is 5. The number of anilines is 1. The molecular formula is C22H20ClN3O5. The highest BCUT2D eigenvalue weighted by atomic mass is 35.5. The zero-order valence-electron chi connectivity index (χ0n) is 16.5. The van der Waals surface area contributed by atoms with Gasteiger partial charge in [-0.05, 0) is 42.0 Å². The summed E-state index contributed by atoms with van der Waals surface area (Å²) >= 11 is 5.97. The molecule has 0 bridgehead atoms. The van der Waals surface area contributed by atoms with Gasteiger partial charge in [0.2, 0.25) is 0 Å². The van der Waals surface area contributed by atoms with E-state index in [1.54, 1.807) is 53.4 Å². The SMILES string of the molecule is O=C1NN(c2cccc(Cl)c2)C(=O)/C1=C/c1ccc(OCC(=O)N2CCOCC2)cc1. The molecule has 1 N–H and O–H groups in total. The molecule has 0 atom stereocenters. The van der Waals surface area contributed by atoms with Crippen LogP contribution in [0.3, 0.4) is 0 Å². The second-order valence-electron chi connectivity index (χ2n) is 6.97. The maximum Gasteiger partial charge on any atom is 0.282 e. The smallest absolute Gasteiger partial charge is 0.282 e. The van der Waals surface area contributed by atoms with Crippen LogP contribution in [-0.4, -0.2) is 55.5 Å². The minimum absolute atomic E-state index is 0.0103. The summed E-state index contributed by atoms with van der Waals surface area (Å²) in [5, 5.41) is 1.62. The van der Waals surface area contributed by atoms with E-state index in [4.69, 9.17) is 21.1 Å². The van der Waals surface area contributed by atoms with E-state index in [2.05, 4.69) is 5.43 Å². The lowest BCUT2D eigenvalue weighted by atomic mass is 10.1. The second-order valence-corrected chi connectivity index (χ2v) is 7.41. The van der Waals surface area contributed by atoms with Gasteiger partial charge in [-0.1, -0.05) is 29.8 Å². The Hall–Kier alpha value is -3.36. The Morgan fingerprint density at radius 1 is 1.13 bits per heavy atom. The van der Waals surface area contributed by atoms with Gasteiger partial charge in [-0.15, -0.1) is 0 Å². The second kappa shape index (κ2) is 9.20. The van der Waals surface area contributed by atoms with Gasteiger partial charge in [0.15, 0.2) is 6.61 Å². The van der Waals surface area contributed by atoms with Crippen LogP contribution in [-0.2, 0) is 19.1 Å². The molecule has 8 nitrogen and oxygen atoms in total. The molecular weight excluding hydrogens is 422 g/mol. The first kappa shape index (κ1) is 20.9. The molecule has 3 amide bonds. The Morgan fingerprint density at radius 3 is 2.58 bits per heavy atom. The van der Waals surface area contributed by atoms with Crippen LogP contribution >= 0.6 is 11.6 Å². The van der Waals surface area contributed by atoms with Crippen LogP contribution in [0.25, 0.3) is 6.08 Å². The summed E-state index contributed by atoms with van der Waals surface area (Å²) in [7, 11) is 0. The third-order valence-electron chi connectivity index (χ3n) is 4.88. The maximum atomic E-state index is 12.7. The van der Waals surface area contributed by atoms with Gasteiger partial charge in [-0.25, -0.2) is 5.01 Å². The van der Waals surface area contributed by atoms with E-state index in [-0.39, 0.29) is 18.1 Å². The number of morpholine rings is 1. The number of ether oxygens (including phenoxy) is 2. The predicted molar refractivity (Wildman–Crippen MR) is 114 cm³/mol. The molecule has 0 spiro atoms. The van der Waals surface area contributed by atoms with Crippen LogP contribution in [0.1, 0.15) is 5.56 Å². The lowest BCUT2D eigenvalue weighted by molar-refractivity contribution is -0.137. The van der Waals surface area contributed by atoms with Crippen molar-refractivity contribution in [2.45, 2.75) is 0 Å². The number of carbonyl (C=O) groups is 3. The lowest BCUT2D eigenvalue weighted by Gasteiger charge is -2.26. The van der Waals surface area contributed by atoms with Crippen molar-refractivity contribution in [3.63, 3.8) is 0 Å². The van der Waals surface area contributed by atoms with Crippen LogP contribution in [0.15, 0.2) is 54.1 Å². The van der Waals surface area contributed by atoms with Crippen molar-refractivity contribution < 1.29 is 23.9 Å². The van der Waals surface area contributed by atoms with Crippen LogP contribution in [0.4, 0.5) is 5.69 Å². The van der Waals surface area contributed by atoms with Crippen molar-refractivity contribution in [3.8, 4) is 5.75 Å². The van der Waals surface area contributed by atoms with Crippen LogP contribution < -0.4 is 15.2 Å². The van der Waals surface area contributed by atoms with Crippen molar-refractivity contribution >= 4 is 41.1 Å². The largest absolute Gasteiger partial charge is 0.484 e. The molecule has 0 radical (unpaired) electrons. The lowest BCUT2D eigenvalue weighted by Crippen LogP contribution is -2.42. The van der Waals surface area contributed by atoms with E-state index in [9.17, 15) is 14.4 Å². The average Bonchev–Trinajstić information content (AvgIpc) is 3.07. The highest BCUT2D eigenvalue weighted by Gasteiger charge is 2.34. The summed E-state index contributed by atoms with van der Waals surface area (Å²) in [6.07, 6.45) is 1.50. The number of nitrogens with zero attached hydrogens (tertiary/aromatic N) is 2. The molecule has 2 heterocycles. The molecule has 0 unspecified atom stereocenters. The third kappa shape index (κ3) is 4.87. The minimum Gasteiger partial charge on any atom is -0.484 e. The molecule has 0 aliphatic carbocycles. The van der Waals surface area contributed by atoms with Crippen molar-refractivity contribution in [2.75, 3.05) is 37.9 Å². The van der Waals surface area contributed by atoms with Gasteiger partial charge in [0.25, 0.3) is 17.7 Å². The van der Waals surface area contributed by atoms with E-state index in [0.29, 0.717) is 48.3 Å². The minimum atomic E-state index is -0.499. The highest BCUT2D eigenvalue weighted by Crippen LogP contribution is 2.24. The number of benzene rings is 2. The zero-order valence-corrected chi connectivity index (χ0v) is 17.3. The molecule has 2 aromatic carbocycles. The summed E-state index contributed by atoms with van der Waals surface area (Å²) in [5.41, 5.74) is 3.67. The fourth-order valence-electron chi connectivity index (χ4n) is 3.23. The van der Waals surface area contributed by atoms with Crippen molar-refractivity contribution in [1.82, 2.24) is 10.3 Å². The molecule has 2 fully saturated rings. The van der Waals surface area contributed by atoms with Crippen LogP contribution in [0.5, 0.6) is 5.75 Å². The molecule has 2 aliphatic heterocycles. The number of nitrogens with one attached hydrogen (secondary N) is 1. The standard InChI is InChI=1S/C22H20ClN3O5/c23-16-2-1-3-17(13-16)26-22(29)19(21(28)24-26)12-15-4-6-18(7-5-15)31-14-20(27)25-8-10-30-11-9-25/h1-7,12-13H,8-11,14H2,(H,24,28)/b19-12+. The summed E-state index contributed by atoms with van der Waals surface area (Å²) in [6.45, 7) is 2.15. The van der Waals surface area contributed by atoms with E-state index in [1.165, 1.54) is 6.08 Å². The van der Waals surface area contributed by atoms with Gasteiger partial charge in [-0.3, -0.25) is 19.8 Å². The number of halogens is 1. The van der Waals surface area contributed by atoms with Crippen LogP contribution in [0.2, 0.25) is 5.02 Å². The van der Waals surface area contributed by atoms with E-state index < -0.39 is 11.8 Å². The Kier molecular flexibility index (Phi) is 6.20. The zero-order chi connectivity index (χ0) is 21.8. The summed E-state index contributed by atoms with van der Waals surface area (Å²) < 4.78 is 10.8. The Morgan fingerprint density at radius 2 is 1.87 bits per heavy atom. The summed E-state index contributed by atoms with van der Waals surface area (Å²) in [5.74, 6) is -0.541. The van der Waals surface area contributed by atoms with E-state index in [1.807, 2.05) is 0 Å². The molecule has 0 saturated carbocycles. The van der Waals surface area contributed by atoms with Crippen molar-refractivity contribution in [1.29, 1.82) is 0 Å². The topological polar surface area (TPSA) is 88.2 Å². The Balaban J connectivity index is 1.40. The molecule has 9 heteroatoms. The molecule has 31 heavy (non-hydrogen) atoms. The van der Waals surface area contributed by atoms with Gasteiger partial charge in [0, 0.05) is 18.1 Å². The van der Waals surface area contributed by atoms with Gasteiger partial charge >= 0.3 is 0 Å². The van der Waals surface area contributed by atoms with E-state index >= 15 is 0 Å². The van der Waals surface area contributed by atoms with Crippen LogP contribution in [0, 0.1) is 0 Å². The van der Waals surface area contributed by atoms with Gasteiger partial charge in [0.05, 0.1) is 18.9 Å². The quantitative estimate of drug-likeness (QED) is 0.566. The highest BCUT2D eigenvalue weighted by molar-refractivity contribution is 6.33. The first-order valence-corrected chi connectivity index (χ1v) is 10.1. The normalized spacial score (nSPS) is 17.8. The molecule has 0 aromatic heterocycles. The first-order valence-electron chi connectivity index (χ1n) is 9.72. The first-order chi connectivity index (χ1) is 15.0. The average molecular weight is 442 g/mol. The predicted octanol–water partition coefficient (Wildman–Crippen LogP) is 2.04. The molecule has 2 saturated heterocycles. The number of hydrazine groups is 1. The fraction of sp³-hybridized carbons (Fsp3) is 0.227. The molecule has 160 valence electrons. The maximum absolute atomic E-state index is 12.7. The third-order valence-corrected chi connectivity index (χ3v) is 5.11. The van der Waals surface area contributed by atoms with E-state index in [0.717, 1.165) is 5.01 Å². The summed E-state index contributed by atoms with van der Waals surface area (Å²) in [4.78, 5) is 38.8. The molecule has 2 aromatic rings. The molecule has 2 aliphatic rings. The molecule has 4 rings (SSSR count). The number of carbonyl (C=O) groups excluding carboxylic acids is 3. The monoisotopic (exact) mass is 441 g/mol. The number of hydrogen-bond donors (Lipinski definition) is 1. The van der Waals surface area contributed by atoms with Crippen molar-refractivity contribution in [3.05, 3.63) is 64.7 Å². The Bertz CT molecular complexity index is 1030. The Labute approximate surface area is 183 Å². The van der Waals surface area contributed by atoms with Gasteiger partial charge in [-0.2, -0.15) is 0 Å². The van der Waals surface area contributed by atoms with Gasteiger partial charge in [0.1, 0.15) is 11.3 Å².